The third-order valence-electron chi connectivity index (χ3n) is 5.69. The highest BCUT2D eigenvalue weighted by atomic mass is 19.3. The number of fused-ring (bicyclic) bond motifs is 1. The molecule has 1 saturated carbocycles. The van der Waals surface area contributed by atoms with Gasteiger partial charge in [-0.3, -0.25) is 4.79 Å². The van der Waals surface area contributed by atoms with E-state index < -0.39 is 6.43 Å². The van der Waals surface area contributed by atoms with Gasteiger partial charge in [0.05, 0.1) is 6.10 Å². The lowest BCUT2D eigenvalue weighted by Gasteiger charge is -2.35. The zero-order valence-electron chi connectivity index (χ0n) is 15.9. The summed E-state index contributed by atoms with van der Waals surface area (Å²) < 4.78 is 33.2. The highest BCUT2D eigenvalue weighted by Gasteiger charge is 2.39. The fourth-order valence-electron chi connectivity index (χ4n) is 4.03. The lowest BCUT2D eigenvalue weighted by atomic mass is 9.81. The average Bonchev–Trinajstić information content (AvgIpc) is 3.25. The maximum Gasteiger partial charge on any atom is 0.295 e. The Morgan fingerprint density at radius 3 is 2.86 bits per heavy atom. The van der Waals surface area contributed by atoms with Crippen LogP contribution in [0.5, 0.6) is 0 Å². The summed E-state index contributed by atoms with van der Waals surface area (Å²) in [5, 5.41) is 3.28. The quantitative estimate of drug-likeness (QED) is 0.809. The number of hydrogen-bond acceptors (Lipinski definition) is 6. The molecular weight excluding hydrogens is 370 g/mol. The van der Waals surface area contributed by atoms with Crippen LogP contribution in [0.2, 0.25) is 0 Å². The van der Waals surface area contributed by atoms with Gasteiger partial charge in [0.1, 0.15) is 6.33 Å². The molecule has 0 unspecified atom stereocenters. The van der Waals surface area contributed by atoms with Crippen LogP contribution >= 0.6 is 0 Å². The molecule has 4 rings (SSSR count). The fraction of sp³-hybridized carbons (Fsp3) is 0.667. The normalized spacial score (nSPS) is 24.8. The minimum Gasteiger partial charge on any atom is -0.381 e. The van der Waals surface area contributed by atoms with E-state index >= 15 is 0 Å². The molecule has 28 heavy (non-hydrogen) atoms. The Balaban J connectivity index is 1.46. The molecule has 3 heterocycles. The molecule has 10 heteroatoms. The van der Waals surface area contributed by atoms with E-state index in [-0.39, 0.29) is 29.8 Å². The number of nitrogens with zero attached hydrogens (tertiary/aromatic N) is 5. The first-order valence-corrected chi connectivity index (χ1v) is 9.59. The second-order valence-corrected chi connectivity index (χ2v) is 7.35. The highest BCUT2D eigenvalue weighted by molar-refractivity contribution is 5.84. The van der Waals surface area contributed by atoms with Crippen molar-refractivity contribution in [1.29, 1.82) is 0 Å². The summed E-state index contributed by atoms with van der Waals surface area (Å²) in [6, 6.07) is 0.00197. The number of carbonyl (C=O) groups excluding carboxylic acids is 1. The number of likely N-dealkylation sites (tertiary alicyclic amines) is 1. The summed E-state index contributed by atoms with van der Waals surface area (Å²) in [7, 11) is 1.67. The van der Waals surface area contributed by atoms with Gasteiger partial charge < -0.3 is 19.5 Å². The maximum absolute atomic E-state index is 13.3. The zero-order chi connectivity index (χ0) is 19.8. The van der Waals surface area contributed by atoms with Crippen molar-refractivity contribution in [2.75, 3.05) is 25.5 Å². The van der Waals surface area contributed by atoms with E-state index in [1.807, 2.05) is 4.90 Å². The van der Waals surface area contributed by atoms with E-state index in [0.717, 1.165) is 19.3 Å². The van der Waals surface area contributed by atoms with Gasteiger partial charge in [-0.05, 0) is 26.2 Å². The highest BCUT2D eigenvalue weighted by Crippen LogP contribution is 2.33. The Morgan fingerprint density at radius 2 is 2.18 bits per heavy atom. The molecule has 0 bridgehead atoms. The molecule has 0 spiro atoms. The van der Waals surface area contributed by atoms with Gasteiger partial charge in [-0.1, -0.05) is 0 Å². The van der Waals surface area contributed by atoms with Crippen molar-refractivity contribution in [2.45, 2.75) is 51.3 Å². The smallest absolute Gasteiger partial charge is 0.295 e. The molecule has 1 aliphatic heterocycles. The van der Waals surface area contributed by atoms with Crippen LogP contribution < -0.4 is 5.32 Å². The van der Waals surface area contributed by atoms with Crippen molar-refractivity contribution < 1.29 is 18.3 Å². The van der Waals surface area contributed by atoms with E-state index in [1.54, 1.807) is 14.0 Å². The summed E-state index contributed by atoms with van der Waals surface area (Å²) in [5.41, 5.74) is 0.729. The maximum atomic E-state index is 13.3. The van der Waals surface area contributed by atoms with Gasteiger partial charge in [0, 0.05) is 38.7 Å². The first-order valence-electron chi connectivity index (χ1n) is 9.59. The zero-order valence-corrected chi connectivity index (χ0v) is 15.9. The first-order chi connectivity index (χ1) is 13.5. The SMILES string of the molecule is CCn1c(C(F)F)nc2c(N[C@H]3CCN(C(=O)[C@H]4C[C@H](OC)C4)C3)ncnc21. The number of halogens is 2. The monoisotopic (exact) mass is 394 g/mol. The Bertz CT molecular complexity index is 867. The van der Waals surface area contributed by atoms with Gasteiger partial charge in [-0.2, -0.15) is 0 Å². The molecule has 2 aromatic heterocycles. The first kappa shape index (κ1) is 19.0. The van der Waals surface area contributed by atoms with Crippen LogP contribution in [0.15, 0.2) is 6.33 Å². The Kier molecular flexibility index (Phi) is 5.13. The topological polar surface area (TPSA) is 85.2 Å². The van der Waals surface area contributed by atoms with Crippen LogP contribution in [0.25, 0.3) is 11.2 Å². The number of rotatable bonds is 6. The van der Waals surface area contributed by atoms with Gasteiger partial charge in [0.15, 0.2) is 22.8 Å². The van der Waals surface area contributed by atoms with Crippen molar-refractivity contribution in [3.8, 4) is 0 Å². The Morgan fingerprint density at radius 1 is 1.39 bits per heavy atom. The molecule has 0 radical (unpaired) electrons. The second-order valence-electron chi connectivity index (χ2n) is 7.35. The van der Waals surface area contributed by atoms with Gasteiger partial charge in [-0.25, -0.2) is 23.7 Å². The van der Waals surface area contributed by atoms with Crippen molar-refractivity contribution in [3.05, 3.63) is 12.2 Å². The van der Waals surface area contributed by atoms with Crippen LogP contribution in [0, 0.1) is 5.92 Å². The number of aromatic nitrogens is 4. The molecule has 1 aliphatic carbocycles. The number of carbonyl (C=O) groups is 1. The van der Waals surface area contributed by atoms with Crippen molar-refractivity contribution in [1.82, 2.24) is 24.4 Å². The van der Waals surface area contributed by atoms with Crippen LogP contribution in [0.1, 0.15) is 38.4 Å². The molecule has 1 saturated heterocycles. The molecule has 152 valence electrons. The summed E-state index contributed by atoms with van der Waals surface area (Å²) in [6.45, 7) is 3.36. The van der Waals surface area contributed by atoms with Gasteiger partial charge in [0.25, 0.3) is 6.43 Å². The lowest BCUT2D eigenvalue weighted by molar-refractivity contribution is -0.142. The molecule has 2 aromatic rings. The number of ether oxygens (including phenoxy) is 1. The number of methoxy groups -OCH3 is 1. The second kappa shape index (κ2) is 7.57. The number of hydrogen-bond donors (Lipinski definition) is 1. The number of alkyl halides is 2. The van der Waals surface area contributed by atoms with Gasteiger partial charge in [-0.15, -0.1) is 0 Å². The van der Waals surface area contributed by atoms with Crippen molar-refractivity contribution in [3.63, 3.8) is 0 Å². The summed E-state index contributed by atoms with van der Waals surface area (Å²) >= 11 is 0. The van der Waals surface area contributed by atoms with E-state index in [9.17, 15) is 13.6 Å². The van der Waals surface area contributed by atoms with Gasteiger partial charge in [0.2, 0.25) is 5.91 Å². The molecule has 8 nitrogen and oxygen atoms in total. The van der Waals surface area contributed by atoms with E-state index in [4.69, 9.17) is 4.74 Å². The average molecular weight is 394 g/mol. The molecule has 2 aliphatic rings. The molecule has 0 aromatic carbocycles. The summed E-state index contributed by atoms with van der Waals surface area (Å²) in [6.07, 6.45) is 1.19. The summed E-state index contributed by atoms with van der Waals surface area (Å²) in [4.78, 5) is 26.9. The number of amides is 1. The fourth-order valence-corrected chi connectivity index (χ4v) is 4.03. The third-order valence-corrected chi connectivity index (χ3v) is 5.69. The Labute approximate surface area is 161 Å². The number of imidazole rings is 1. The molecular formula is C18H24F2N6O2. The molecule has 1 atom stereocenters. The number of aryl methyl sites for hydroxylation is 1. The lowest BCUT2D eigenvalue weighted by Crippen LogP contribution is -2.44. The minimum atomic E-state index is -2.68. The van der Waals surface area contributed by atoms with Crippen LogP contribution in [0.4, 0.5) is 14.6 Å². The predicted octanol–water partition coefficient (Wildman–Crippen LogP) is 2.22. The predicted molar refractivity (Wildman–Crippen MR) is 98.1 cm³/mol. The van der Waals surface area contributed by atoms with Gasteiger partial charge >= 0.3 is 0 Å². The van der Waals surface area contributed by atoms with E-state index in [0.29, 0.717) is 36.6 Å². The number of anilines is 1. The Hall–Kier alpha value is -2.36. The third kappa shape index (κ3) is 3.30. The van der Waals surface area contributed by atoms with Crippen molar-refractivity contribution in [2.24, 2.45) is 5.92 Å². The molecule has 1 N–H and O–H groups in total. The minimum absolute atomic E-state index is 0.00197. The van der Waals surface area contributed by atoms with E-state index in [2.05, 4.69) is 20.3 Å². The van der Waals surface area contributed by atoms with Crippen molar-refractivity contribution >= 4 is 22.9 Å². The largest absolute Gasteiger partial charge is 0.381 e. The standard InChI is InChI=1S/C18H24F2N6O2/c1-3-26-16-13(24-17(26)14(19)20)15(21-9-22-16)23-11-4-5-25(8-11)18(27)10-6-12(7-10)28-2/h9-12,14H,3-8H2,1-2H3,(H,21,22,23)/t10-,11-,12-/m0/s1. The van der Waals surface area contributed by atoms with Crippen LogP contribution in [-0.4, -0.2) is 62.7 Å². The molecule has 1 amide bonds. The van der Waals surface area contributed by atoms with Crippen LogP contribution in [0.3, 0.4) is 0 Å². The van der Waals surface area contributed by atoms with Crippen LogP contribution in [-0.2, 0) is 16.1 Å². The molecule has 2 fully saturated rings. The number of nitrogens with one attached hydrogen (secondary N) is 1. The summed E-state index contributed by atoms with van der Waals surface area (Å²) in [5.74, 6) is 0.340. The van der Waals surface area contributed by atoms with E-state index in [1.165, 1.54) is 10.9 Å².